The Hall–Kier alpha value is -3.28. The number of carbonyl (C=O) groups is 1. The molecule has 214 valence electrons. The van der Waals surface area contributed by atoms with Crippen molar-refractivity contribution >= 4 is 42.4 Å². The van der Waals surface area contributed by atoms with Gasteiger partial charge in [0.15, 0.2) is 11.9 Å². The van der Waals surface area contributed by atoms with Gasteiger partial charge in [-0.25, -0.2) is 14.5 Å². The molecule has 1 aliphatic rings. The molecule has 14 nitrogen and oxygen atoms in total. The molecule has 3 aromatic rings. The van der Waals surface area contributed by atoms with E-state index in [1.807, 2.05) is 0 Å². The molecule has 40 heavy (non-hydrogen) atoms. The Labute approximate surface area is 234 Å². The molecule has 0 radical (unpaired) electrons. The molecule has 3 heterocycles. The van der Waals surface area contributed by atoms with Crippen molar-refractivity contribution in [1.82, 2.24) is 24.6 Å². The fourth-order valence-corrected chi connectivity index (χ4v) is 5.56. The lowest BCUT2D eigenvalue weighted by Crippen LogP contribution is -2.46. The Kier molecular flexibility index (Phi) is 8.96. The second-order valence-electron chi connectivity index (χ2n) is 9.14. The zero-order valence-corrected chi connectivity index (χ0v) is 23.3. The maximum Gasteiger partial charge on any atom is 0.459 e. The van der Waals surface area contributed by atoms with Gasteiger partial charge in [-0.15, -0.1) is 0 Å². The van der Waals surface area contributed by atoms with Gasteiger partial charge in [0.2, 0.25) is 11.5 Å². The van der Waals surface area contributed by atoms with Crippen molar-refractivity contribution in [2.75, 3.05) is 12.3 Å². The average Bonchev–Trinajstić information content (AvgIpc) is 3.41. The highest BCUT2D eigenvalue weighted by molar-refractivity contribution is 7.52. The molecule has 1 aliphatic heterocycles. The highest BCUT2D eigenvalue weighted by Crippen LogP contribution is 2.47. The van der Waals surface area contributed by atoms with E-state index in [1.54, 1.807) is 32.0 Å². The summed E-state index contributed by atoms with van der Waals surface area (Å²) in [5.41, 5.74) is 3.97. The SMILES string of the molecule is CC(C)OC(=O)C(C)NP(=O)(OC[C@H]1O[C@@H](n2cnc3cnc(N)nc32)[C@@](O)(C#CCl)C1O)Oc1ccccc1. The van der Waals surface area contributed by atoms with Crippen molar-refractivity contribution in [3.8, 4) is 17.0 Å². The van der Waals surface area contributed by atoms with E-state index < -0.39 is 56.5 Å². The van der Waals surface area contributed by atoms with Crippen molar-refractivity contribution in [2.24, 2.45) is 0 Å². The molecular formula is C24H28ClN6O8P. The second-order valence-corrected chi connectivity index (χ2v) is 11.0. The lowest BCUT2D eigenvalue weighted by atomic mass is 9.95. The number of nitrogens with zero attached hydrogens (tertiary/aromatic N) is 4. The fourth-order valence-electron chi connectivity index (χ4n) is 3.91. The van der Waals surface area contributed by atoms with E-state index in [9.17, 15) is 19.6 Å². The first-order valence-electron chi connectivity index (χ1n) is 12.1. The number of hydrogen-bond donors (Lipinski definition) is 4. The van der Waals surface area contributed by atoms with Crippen LogP contribution in [0.25, 0.3) is 11.2 Å². The first kappa shape index (κ1) is 29.7. The van der Waals surface area contributed by atoms with Gasteiger partial charge in [-0.05, 0) is 50.4 Å². The number of benzene rings is 1. The number of para-hydroxylation sites is 1. The second kappa shape index (κ2) is 12.1. The number of imidazole rings is 1. The molecule has 0 aliphatic carbocycles. The number of rotatable bonds is 10. The van der Waals surface area contributed by atoms with Gasteiger partial charge in [0.05, 0.1) is 25.2 Å². The summed E-state index contributed by atoms with van der Waals surface area (Å²) in [5, 5.41) is 27.0. The Morgan fingerprint density at radius 2 is 2.05 bits per heavy atom. The van der Waals surface area contributed by atoms with E-state index in [1.165, 1.54) is 36.1 Å². The number of aromatic nitrogens is 4. The number of carbonyl (C=O) groups excluding carboxylic acids is 1. The van der Waals surface area contributed by atoms with Crippen LogP contribution < -0.4 is 15.3 Å². The van der Waals surface area contributed by atoms with Crippen LogP contribution in [0.3, 0.4) is 0 Å². The number of anilines is 1. The summed E-state index contributed by atoms with van der Waals surface area (Å²) in [6.07, 6.45) is -2.14. The quantitative estimate of drug-likeness (QED) is 0.151. The van der Waals surface area contributed by atoms with E-state index in [-0.39, 0.29) is 17.3 Å². The highest BCUT2D eigenvalue weighted by atomic mass is 35.5. The van der Waals surface area contributed by atoms with Gasteiger partial charge in [-0.2, -0.15) is 10.1 Å². The Balaban J connectivity index is 1.59. The van der Waals surface area contributed by atoms with E-state index in [2.05, 4.69) is 31.3 Å². The zero-order valence-electron chi connectivity index (χ0n) is 21.7. The van der Waals surface area contributed by atoms with Gasteiger partial charge in [0.25, 0.3) is 0 Å². The topological polar surface area (TPSA) is 193 Å². The number of esters is 1. The molecular weight excluding hydrogens is 567 g/mol. The Morgan fingerprint density at radius 3 is 2.73 bits per heavy atom. The highest BCUT2D eigenvalue weighted by Gasteiger charge is 2.57. The number of nitrogen functional groups attached to an aromatic ring is 1. The number of hydrogen-bond acceptors (Lipinski definition) is 12. The molecule has 4 rings (SSSR count). The van der Waals surface area contributed by atoms with Crippen molar-refractivity contribution in [2.45, 2.75) is 57.0 Å². The zero-order chi connectivity index (χ0) is 29.1. The van der Waals surface area contributed by atoms with Crippen LogP contribution in [-0.2, 0) is 23.4 Å². The van der Waals surface area contributed by atoms with Crippen LogP contribution in [0.1, 0.15) is 27.0 Å². The van der Waals surface area contributed by atoms with E-state index in [0.29, 0.717) is 5.52 Å². The molecule has 2 aromatic heterocycles. The summed E-state index contributed by atoms with van der Waals surface area (Å²) in [6, 6.07) is 7.02. The van der Waals surface area contributed by atoms with Gasteiger partial charge >= 0.3 is 13.7 Å². The number of nitrogens with two attached hydrogens (primary N) is 1. The van der Waals surface area contributed by atoms with Crippen LogP contribution in [0.4, 0.5) is 5.95 Å². The lowest BCUT2D eigenvalue weighted by Gasteiger charge is -2.26. The number of halogens is 1. The third-order valence-electron chi connectivity index (χ3n) is 5.75. The molecule has 1 fully saturated rings. The Morgan fingerprint density at radius 1 is 1.32 bits per heavy atom. The van der Waals surface area contributed by atoms with Crippen LogP contribution in [-0.4, -0.2) is 72.3 Å². The molecule has 6 atom stereocenters. The third kappa shape index (κ3) is 6.37. The summed E-state index contributed by atoms with van der Waals surface area (Å²) in [5.74, 6) is 1.79. The molecule has 16 heteroatoms. The van der Waals surface area contributed by atoms with Gasteiger partial charge in [0.1, 0.15) is 29.5 Å². The molecule has 0 bridgehead atoms. The first-order valence-corrected chi connectivity index (χ1v) is 14.0. The fraction of sp³-hybridized carbons (Fsp3) is 0.417. The first-order chi connectivity index (χ1) is 19.0. The predicted molar refractivity (Wildman–Crippen MR) is 143 cm³/mol. The van der Waals surface area contributed by atoms with E-state index in [0.717, 1.165) is 0 Å². The number of aliphatic hydroxyl groups excluding tert-OH is 1. The maximum absolute atomic E-state index is 13.8. The maximum atomic E-state index is 13.8. The minimum Gasteiger partial charge on any atom is -0.462 e. The van der Waals surface area contributed by atoms with Crippen LogP contribution >= 0.6 is 19.3 Å². The summed E-state index contributed by atoms with van der Waals surface area (Å²) in [6.45, 7) is 4.20. The van der Waals surface area contributed by atoms with Crippen molar-refractivity contribution < 1.29 is 38.1 Å². The summed E-state index contributed by atoms with van der Waals surface area (Å²) in [7, 11) is -4.30. The largest absolute Gasteiger partial charge is 0.462 e. The molecule has 0 saturated carbocycles. The number of aliphatic hydroxyl groups is 2. The average molecular weight is 595 g/mol. The molecule has 1 aromatic carbocycles. The van der Waals surface area contributed by atoms with Gasteiger partial charge in [-0.3, -0.25) is 13.9 Å². The summed E-state index contributed by atoms with van der Waals surface area (Å²) >= 11 is 5.61. The minimum atomic E-state index is -4.30. The van der Waals surface area contributed by atoms with E-state index >= 15 is 0 Å². The molecule has 3 unspecified atom stereocenters. The monoisotopic (exact) mass is 594 g/mol. The smallest absolute Gasteiger partial charge is 0.459 e. The summed E-state index contributed by atoms with van der Waals surface area (Å²) in [4.78, 5) is 24.5. The van der Waals surface area contributed by atoms with Crippen molar-refractivity contribution in [3.63, 3.8) is 0 Å². The molecule has 1 saturated heterocycles. The Bertz CT molecular complexity index is 1460. The van der Waals surface area contributed by atoms with Gasteiger partial charge in [-0.1, -0.05) is 18.2 Å². The number of ether oxygens (including phenoxy) is 2. The van der Waals surface area contributed by atoms with Crippen LogP contribution in [0.5, 0.6) is 5.75 Å². The van der Waals surface area contributed by atoms with Crippen molar-refractivity contribution in [1.29, 1.82) is 0 Å². The van der Waals surface area contributed by atoms with Crippen molar-refractivity contribution in [3.05, 3.63) is 42.9 Å². The predicted octanol–water partition coefficient (Wildman–Crippen LogP) is 1.73. The number of fused-ring (bicyclic) bond motifs is 1. The summed E-state index contributed by atoms with van der Waals surface area (Å²) < 4.78 is 37.4. The third-order valence-corrected chi connectivity index (χ3v) is 7.49. The molecule has 0 spiro atoms. The van der Waals surface area contributed by atoms with Crippen LogP contribution in [0, 0.1) is 11.3 Å². The van der Waals surface area contributed by atoms with E-state index in [4.69, 9.17) is 35.9 Å². The standard InChI is InChI=1S/C24H28ClN6O8P/c1-14(2)37-21(33)15(3)30-40(35,39-16-7-5-4-6-8-16)36-12-18-19(32)24(34,9-10-25)22(38-18)31-13-28-17-11-27-23(26)29-20(17)31/h4-8,11,13-15,18-19,22,32,34H,12H2,1-3H3,(H,30,35)(H2,26,27,29)/t15?,18-,19?,22-,24-,40?/m1/s1. The number of nitrogens with one attached hydrogen (secondary N) is 1. The van der Waals surface area contributed by atoms with Crippen LogP contribution in [0.15, 0.2) is 42.9 Å². The molecule has 5 N–H and O–H groups in total. The van der Waals surface area contributed by atoms with Crippen LogP contribution in [0.2, 0.25) is 0 Å². The normalized spacial score (nSPS) is 24.7. The minimum absolute atomic E-state index is 0.0603. The van der Waals surface area contributed by atoms with Gasteiger partial charge < -0.3 is 29.9 Å². The van der Waals surface area contributed by atoms with Gasteiger partial charge in [0, 0.05) is 5.38 Å². The lowest BCUT2D eigenvalue weighted by molar-refractivity contribution is -0.149. The molecule has 0 amide bonds.